The minimum Gasteiger partial charge on any atom is -0.309 e. The average Bonchev–Trinajstić information content (AvgIpc) is 2.76. The Hall–Kier alpha value is -1.09. The van der Waals surface area contributed by atoms with Gasteiger partial charge in [0, 0.05) is 12.2 Å². The number of aromatic nitrogens is 3. The third-order valence-electron chi connectivity index (χ3n) is 4.13. The first-order valence-electron chi connectivity index (χ1n) is 7.08. The van der Waals surface area contributed by atoms with Crippen LogP contribution in [0.5, 0.6) is 0 Å². The Morgan fingerprint density at radius 3 is 3.00 bits per heavy atom. The monoisotopic (exact) mass is 277 g/mol. The van der Waals surface area contributed by atoms with E-state index >= 15 is 0 Å². The third-order valence-corrected chi connectivity index (χ3v) is 4.37. The van der Waals surface area contributed by atoms with Crippen LogP contribution in [-0.2, 0) is 5.88 Å². The van der Waals surface area contributed by atoms with Crippen LogP contribution in [0.25, 0.3) is 11.2 Å². The first kappa shape index (κ1) is 12.9. The van der Waals surface area contributed by atoms with E-state index in [-0.39, 0.29) is 0 Å². The van der Waals surface area contributed by atoms with Gasteiger partial charge in [-0.3, -0.25) is 0 Å². The molecule has 2 aromatic rings. The lowest BCUT2D eigenvalue weighted by molar-refractivity contribution is 0.283. The van der Waals surface area contributed by atoms with Crippen LogP contribution < -0.4 is 0 Å². The zero-order chi connectivity index (χ0) is 13.4. The lowest BCUT2D eigenvalue weighted by atomic mass is 9.87. The van der Waals surface area contributed by atoms with Gasteiger partial charge in [-0.1, -0.05) is 19.8 Å². The number of pyridine rings is 1. The van der Waals surface area contributed by atoms with Crippen LogP contribution in [0.3, 0.4) is 0 Å². The Morgan fingerprint density at radius 2 is 2.26 bits per heavy atom. The van der Waals surface area contributed by atoms with E-state index in [2.05, 4.69) is 34.4 Å². The van der Waals surface area contributed by atoms with Crippen molar-refractivity contribution in [1.82, 2.24) is 14.5 Å². The minimum absolute atomic E-state index is 0.459. The maximum absolute atomic E-state index is 6.09. The van der Waals surface area contributed by atoms with E-state index in [1.54, 1.807) is 0 Å². The maximum Gasteiger partial charge on any atom is 0.160 e. The zero-order valence-electron chi connectivity index (χ0n) is 11.6. The smallest absolute Gasteiger partial charge is 0.160 e. The van der Waals surface area contributed by atoms with Crippen LogP contribution in [0, 0.1) is 12.8 Å². The molecule has 0 radical (unpaired) electrons. The molecule has 2 atom stereocenters. The second-order valence-corrected chi connectivity index (χ2v) is 6.08. The predicted molar refractivity (Wildman–Crippen MR) is 78.5 cm³/mol. The largest absolute Gasteiger partial charge is 0.309 e. The maximum atomic E-state index is 6.09. The molecule has 0 saturated heterocycles. The molecule has 1 aliphatic carbocycles. The summed E-state index contributed by atoms with van der Waals surface area (Å²) in [6.07, 6.45) is 6.98. The summed E-state index contributed by atoms with van der Waals surface area (Å²) in [5.74, 6) is 2.21. The van der Waals surface area contributed by atoms with Crippen molar-refractivity contribution >= 4 is 22.8 Å². The van der Waals surface area contributed by atoms with E-state index in [0.717, 1.165) is 28.5 Å². The number of nitrogens with zero attached hydrogens (tertiary/aromatic N) is 3. The molecule has 0 aliphatic heterocycles. The number of alkyl halides is 1. The number of hydrogen-bond acceptors (Lipinski definition) is 2. The lowest BCUT2D eigenvalue weighted by Gasteiger charge is -2.29. The van der Waals surface area contributed by atoms with Crippen molar-refractivity contribution in [2.75, 3.05) is 0 Å². The van der Waals surface area contributed by atoms with Gasteiger partial charge in [-0.25, -0.2) is 9.97 Å². The fourth-order valence-electron chi connectivity index (χ4n) is 3.24. The normalized spacial score (nSPS) is 23.9. The van der Waals surface area contributed by atoms with E-state index in [0.29, 0.717) is 11.9 Å². The molecule has 1 saturated carbocycles. The molecule has 3 nitrogen and oxygen atoms in total. The molecule has 4 heteroatoms. The van der Waals surface area contributed by atoms with Crippen molar-refractivity contribution in [3.8, 4) is 0 Å². The summed E-state index contributed by atoms with van der Waals surface area (Å²) in [4.78, 5) is 9.25. The minimum atomic E-state index is 0.459. The van der Waals surface area contributed by atoms with Gasteiger partial charge in [0.15, 0.2) is 5.65 Å². The van der Waals surface area contributed by atoms with Crippen molar-refractivity contribution in [1.29, 1.82) is 0 Å². The Labute approximate surface area is 119 Å². The Morgan fingerprint density at radius 1 is 1.42 bits per heavy atom. The molecule has 1 aliphatic rings. The van der Waals surface area contributed by atoms with Gasteiger partial charge < -0.3 is 4.57 Å². The van der Waals surface area contributed by atoms with Crippen molar-refractivity contribution in [3.63, 3.8) is 0 Å². The van der Waals surface area contributed by atoms with Crippen molar-refractivity contribution < 1.29 is 0 Å². The second-order valence-electron chi connectivity index (χ2n) is 5.81. The second kappa shape index (κ2) is 5.12. The fourth-order valence-corrected chi connectivity index (χ4v) is 3.43. The van der Waals surface area contributed by atoms with Gasteiger partial charge in [-0.2, -0.15) is 0 Å². The summed E-state index contributed by atoms with van der Waals surface area (Å²) < 4.78 is 2.29. The van der Waals surface area contributed by atoms with E-state index < -0.39 is 0 Å². The Bertz CT molecular complexity index is 590. The molecule has 0 bridgehead atoms. The summed E-state index contributed by atoms with van der Waals surface area (Å²) in [6, 6.07) is 2.61. The quantitative estimate of drug-likeness (QED) is 0.769. The molecule has 3 rings (SSSR count). The number of halogens is 1. The van der Waals surface area contributed by atoms with Crippen molar-refractivity contribution in [3.05, 3.63) is 23.7 Å². The SMILES string of the molecule is Cc1cnc2c(c1)nc(CCl)n2C1CCCC(C)C1. The molecule has 2 heterocycles. The summed E-state index contributed by atoms with van der Waals surface area (Å²) in [5.41, 5.74) is 3.13. The lowest BCUT2D eigenvalue weighted by Crippen LogP contribution is -2.19. The molecular formula is C15H20ClN3. The Balaban J connectivity index is 2.10. The highest BCUT2D eigenvalue weighted by Gasteiger charge is 2.24. The van der Waals surface area contributed by atoms with Crippen LogP contribution in [0.1, 0.15) is 50.0 Å². The molecule has 0 aromatic carbocycles. The predicted octanol–water partition coefficient (Wildman–Crippen LogP) is 4.23. The van der Waals surface area contributed by atoms with E-state index in [1.165, 1.54) is 25.7 Å². The van der Waals surface area contributed by atoms with Crippen LogP contribution in [0.4, 0.5) is 0 Å². The van der Waals surface area contributed by atoms with Crippen LogP contribution in [0.2, 0.25) is 0 Å². The number of aryl methyl sites for hydroxylation is 1. The molecule has 0 N–H and O–H groups in total. The molecule has 102 valence electrons. The highest BCUT2D eigenvalue weighted by molar-refractivity contribution is 6.16. The number of hydrogen-bond donors (Lipinski definition) is 0. The first-order chi connectivity index (χ1) is 9.19. The summed E-state index contributed by atoms with van der Waals surface area (Å²) in [6.45, 7) is 4.39. The van der Waals surface area contributed by atoms with Crippen LogP contribution in [-0.4, -0.2) is 14.5 Å². The van der Waals surface area contributed by atoms with Crippen molar-refractivity contribution in [2.45, 2.75) is 51.5 Å². The molecule has 0 amide bonds. The highest BCUT2D eigenvalue weighted by atomic mass is 35.5. The van der Waals surface area contributed by atoms with Crippen molar-refractivity contribution in [2.24, 2.45) is 5.92 Å². The molecule has 2 aromatic heterocycles. The fraction of sp³-hybridized carbons (Fsp3) is 0.600. The van der Waals surface area contributed by atoms with Gasteiger partial charge in [0.1, 0.15) is 11.3 Å². The number of imidazole rings is 1. The van der Waals surface area contributed by atoms with E-state index in [9.17, 15) is 0 Å². The van der Waals surface area contributed by atoms with Crippen LogP contribution >= 0.6 is 11.6 Å². The van der Waals surface area contributed by atoms with Gasteiger partial charge in [0.2, 0.25) is 0 Å². The third kappa shape index (κ3) is 2.36. The summed E-state index contributed by atoms with van der Waals surface area (Å²) >= 11 is 6.09. The van der Waals surface area contributed by atoms with Crippen LogP contribution in [0.15, 0.2) is 12.3 Å². The average molecular weight is 278 g/mol. The first-order valence-corrected chi connectivity index (χ1v) is 7.62. The standard InChI is InChI=1S/C15H20ClN3/c1-10-4-3-5-12(6-10)19-14(8-16)18-13-7-11(2)9-17-15(13)19/h7,9-10,12H,3-6,8H2,1-2H3. The van der Waals surface area contributed by atoms with Gasteiger partial charge in [-0.05, 0) is 37.3 Å². The molecule has 19 heavy (non-hydrogen) atoms. The van der Waals surface area contributed by atoms with Gasteiger partial charge >= 0.3 is 0 Å². The highest BCUT2D eigenvalue weighted by Crippen LogP contribution is 2.35. The number of fused-ring (bicyclic) bond motifs is 1. The molecule has 2 unspecified atom stereocenters. The molecular weight excluding hydrogens is 258 g/mol. The van der Waals surface area contributed by atoms with E-state index in [1.807, 2.05) is 6.20 Å². The molecule has 0 spiro atoms. The molecule has 1 fully saturated rings. The summed E-state index contributed by atoms with van der Waals surface area (Å²) in [5, 5.41) is 0. The van der Waals surface area contributed by atoms with Gasteiger partial charge in [0.25, 0.3) is 0 Å². The van der Waals surface area contributed by atoms with E-state index in [4.69, 9.17) is 11.6 Å². The zero-order valence-corrected chi connectivity index (χ0v) is 12.3. The summed E-state index contributed by atoms with van der Waals surface area (Å²) in [7, 11) is 0. The van der Waals surface area contributed by atoms with Gasteiger partial charge in [0.05, 0.1) is 5.88 Å². The Kier molecular flexibility index (Phi) is 3.48. The topological polar surface area (TPSA) is 30.7 Å². The number of rotatable bonds is 2. The van der Waals surface area contributed by atoms with Gasteiger partial charge in [-0.15, -0.1) is 11.6 Å².